The quantitative estimate of drug-likeness (QED) is 0.110. The van der Waals surface area contributed by atoms with Gasteiger partial charge in [-0.2, -0.15) is 13.2 Å². The van der Waals surface area contributed by atoms with Crippen LogP contribution in [0, 0.1) is 26.7 Å². The number of amides is 2. The van der Waals surface area contributed by atoms with E-state index in [2.05, 4.69) is 48.6 Å². The fourth-order valence-corrected chi connectivity index (χ4v) is 10.8. The number of carbonyl (C=O) groups excluding carboxylic acids is 2. The number of thiophene rings is 1. The average Bonchev–Trinajstić information content (AvgIpc) is 4.00. The molecule has 3 aromatic carbocycles. The maximum Gasteiger partial charge on any atom is 0.405 e. The molecule has 362 valence electrons. The monoisotopic (exact) mass is 983 g/mol. The Bertz CT molecular complexity index is 2900. The largest absolute Gasteiger partial charge is 0.508 e. The molecule has 0 bridgehead atoms. The Morgan fingerprint density at radius 1 is 0.855 bits per heavy atom. The van der Waals surface area contributed by atoms with Gasteiger partial charge in [-0.05, 0) is 93.0 Å². The molecule has 0 radical (unpaired) electrons. The van der Waals surface area contributed by atoms with E-state index < -0.39 is 24.7 Å². The van der Waals surface area contributed by atoms with Crippen molar-refractivity contribution in [3.05, 3.63) is 116 Å². The number of benzene rings is 3. The van der Waals surface area contributed by atoms with Crippen molar-refractivity contribution in [2.24, 2.45) is 10.9 Å². The molecule has 6 aromatic rings. The number of rotatable bonds is 12. The summed E-state index contributed by atoms with van der Waals surface area (Å²) in [7, 11) is 0. The van der Waals surface area contributed by atoms with E-state index in [9.17, 15) is 33.0 Å². The number of phenolic OH excluding ortho intramolecular Hbond substituents is 2. The zero-order chi connectivity index (χ0) is 48.7. The minimum Gasteiger partial charge on any atom is -0.508 e. The third-order valence-corrected chi connectivity index (χ3v) is 14.9. The molecule has 0 aliphatic carbocycles. The number of alkyl halides is 3. The number of hydrogen-bond donors (Lipinski definition) is 3. The van der Waals surface area contributed by atoms with E-state index in [0.717, 1.165) is 90.4 Å². The van der Waals surface area contributed by atoms with Crippen molar-refractivity contribution in [2.45, 2.75) is 72.1 Å². The molecule has 6 heterocycles. The molecule has 3 N–H and O–H groups in total. The number of aromatic nitrogens is 6. The Hall–Kier alpha value is -6.15. The van der Waals surface area contributed by atoms with E-state index >= 15 is 0 Å². The number of halogens is 4. The number of carbonyl (C=O) groups is 2. The molecule has 9 rings (SSSR count). The molecule has 0 spiro atoms. The summed E-state index contributed by atoms with van der Waals surface area (Å²) >= 11 is 7.98. The lowest BCUT2D eigenvalue weighted by molar-refractivity contribution is -0.133. The van der Waals surface area contributed by atoms with Gasteiger partial charge in [-0.15, -0.1) is 31.7 Å². The van der Waals surface area contributed by atoms with E-state index in [0.29, 0.717) is 54.1 Å². The van der Waals surface area contributed by atoms with Crippen LogP contribution in [0.1, 0.15) is 87.2 Å². The number of hydrogen-bond acceptors (Lipinski definition) is 12. The summed E-state index contributed by atoms with van der Waals surface area (Å²) in [5.41, 5.74) is 5.99. The molecule has 3 aromatic heterocycles. The lowest BCUT2D eigenvalue weighted by Gasteiger charge is -2.39. The number of aliphatic imine (C=N–C) groups is 1. The van der Waals surface area contributed by atoms with Gasteiger partial charge in [-0.1, -0.05) is 42.8 Å². The number of nitrogens with zero attached hydrogens (tertiary/aromatic N) is 10. The number of aromatic hydroxyl groups is 2. The number of aryl methyl sites for hydroxylation is 3. The summed E-state index contributed by atoms with van der Waals surface area (Å²) < 4.78 is 42.5. The van der Waals surface area contributed by atoms with Crippen molar-refractivity contribution >= 4 is 40.5 Å². The topological polar surface area (TPSA) is 170 Å². The minimum atomic E-state index is -4.64. The predicted octanol–water partition coefficient (Wildman–Crippen LogP) is 7.76. The van der Waals surface area contributed by atoms with Gasteiger partial charge >= 0.3 is 6.18 Å². The lowest BCUT2D eigenvalue weighted by atomic mass is 9.95. The van der Waals surface area contributed by atoms with Crippen molar-refractivity contribution in [1.82, 2.24) is 49.5 Å². The first-order valence-corrected chi connectivity index (χ1v) is 24.3. The highest BCUT2D eigenvalue weighted by atomic mass is 35.5. The van der Waals surface area contributed by atoms with Crippen LogP contribution in [-0.2, 0) is 17.8 Å². The smallest absolute Gasteiger partial charge is 0.405 e. The van der Waals surface area contributed by atoms with Gasteiger partial charge in [0.25, 0.3) is 5.91 Å². The third kappa shape index (κ3) is 10.1. The first-order chi connectivity index (χ1) is 33.0. The summed E-state index contributed by atoms with van der Waals surface area (Å²) in [6.45, 7) is 12.9. The fourth-order valence-electron chi connectivity index (χ4n) is 9.49. The molecule has 2 amide bonds. The van der Waals surface area contributed by atoms with Crippen molar-refractivity contribution < 1.29 is 33.0 Å². The number of fused-ring (bicyclic) bond motifs is 3. The molecule has 0 saturated carbocycles. The predicted molar refractivity (Wildman–Crippen MR) is 257 cm³/mol. The summed E-state index contributed by atoms with van der Waals surface area (Å²) in [6.07, 6.45) is -2.20. The van der Waals surface area contributed by atoms with Crippen LogP contribution in [0.25, 0.3) is 22.1 Å². The fraction of sp³-hybridized carbons (Fsp3) is 0.408. The van der Waals surface area contributed by atoms with Gasteiger partial charge in [0.05, 0.1) is 17.7 Å². The SMILES string of the molecule is CCc1cc(-c2nnc(C(=O)NCC(F)(F)F)n2-c2ccc(CN3CCN(CC4CCN(C(=O)C[C@@H]5N=C(c6ccc(Cl)cc6)c6c(sc(C)c6C)-n6c(C)nnc65)CC4)CC3)cc2)c(O)cc1O. The molecular formula is C49H53ClF3N11O4S. The van der Waals surface area contributed by atoms with Crippen LogP contribution in [0.3, 0.4) is 0 Å². The number of nitrogens with one attached hydrogen (secondary N) is 1. The van der Waals surface area contributed by atoms with Crippen molar-refractivity contribution in [3.8, 4) is 33.6 Å². The second kappa shape index (κ2) is 19.7. The van der Waals surface area contributed by atoms with Gasteiger partial charge in [0.2, 0.25) is 11.7 Å². The van der Waals surface area contributed by atoms with Crippen molar-refractivity contribution in [3.63, 3.8) is 0 Å². The standard InChI is InChI=1S/C49H53ClF3N11O4S/c1-5-33-22-37(40(66)24-39(33)65)44-57-59-46(47(68)54-27-49(51,52)53)64(44)36-12-6-31(7-13-36)25-60-18-20-61(21-19-60)26-32-14-16-62(17-15-32)41(67)23-38-45-58-56-30(4)63(45)48-42(28(2)29(3)69-48)43(55-38)34-8-10-35(50)11-9-34/h6-13,22,24,32,38,65-66H,5,14-21,23,25-27H2,1-4H3,(H,54,68)/t38-/m0/s1. The van der Waals surface area contributed by atoms with E-state index in [-0.39, 0.29) is 41.0 Å². The molecule has 0 unspecified atom stereocenters. The summed E-state index contributed by atoms with van der Waals surface area (Å²) in [4.78, 5) is 40.5. The van der Waals surface area contributed by atoms with Gasteiger partial charge in [0, 0.05) is 85.1 Å². The molecule has 69 heavy (non-hydrogen) atoms. The Morgan fingerprint density at radius 2 is 1.55 bits per heavy atom. The zero-order valence-corrected chi connectivity index (χ0v) is 40.3. The summed E-state index contributed by atoms with van der Waals surface area (Å²) in [5, 5.41) is 41.7. The van der Waals surface area contributed by atoms with Crippen LogP contribution in [0.15, 0.2) is 65.7 Å². The van der Waals surface area contributed by atoms with E-state index in [1.165, 1.54) is 15.5 Å². The highest BCUT2D eigenvalue weighted by Crippen LogP contribution is 2.40. The van der Waals surface area contributed by atoms with Crippen LogP contribution in [0.2, 0.25) is 5.02 Å². The van der Waals surface area contributed by atoms with Gasteiger partial charge in [-0.25, -0.2) is 0 Å². The molecule has 3 aliphatic rings. The van der Waals surface area contributed by atoms with Crippen molar-refractivity contribution in [2.75, 3.05) is 52.4 Å². The number of piperidine rings is 1. The molecule has 2 fully saturated rings. The first kappa shape index (κ1) is 47.9. The molecule has 2 saturated heterocycles. The minimum absolute atomic E-state index is 0.0264. The van der Waals surface area contributed by atoms with Gasteiger partial charge < -0.3 is 25.3 Å². The highest BCUT2D eigenvalue weighted by molar-refractivity contribution is 7.15. The Balaban J connectivity index is 0.805. The molecule has 1 atom stereocenters. The van der Waals surface area contributed by atoms with E-state index in [1.54, 1.807) is 23.5 Å². The molecule has 20 heteroatoms. The Morgan fingerprint density at radius 3 is 2.23 bits per heavy atom. The second-order valence-corrected chi connectivity index (χ2v) is 19.6. The van der Waals surface area contributed by atoms with Gasteiger partial charge in [0.1, 0.15) is 34.9 Å². The first-order valence-electron chi connectivity index (χ1n) is 23.1. The highest BCUT2D eigenvalue weighted by Gasteiger charge is 2.35. The molecule has 15 nitrogen and oxygen atoms in total. The van der Waals surface area contributed by atoms with Crippen LogP contribution in [-0.4, -0.2) is 131 Å². The summed E-state index contributed by atoms with van der Waals surface area (Å²) in [6, 6.07) is 17.1. The number of piperazine rings is 1. The molecular weight excluding hydrogens is 931 g/mol. The van der Waals surface area contributed by atoms with Gasteiger partial charge in [0.15, 0.2) is 11.6 Å². The van der Waals surface area contributed by atoms with Crippen molar-refractivity contribution in [1.29, 1.82) is 0 Å². The van der Waals surface area contributed by atoms with E-state index in [1.807, 2.05) is 60.5 Å². The van der Waals surface area contributed by atoms with Crippen LogP contribution < -0.4 is 5.32 Å². The second-order valence-electron chi connectivity index (χ2n) is 18.0. The summed E-state index contributed by atoms with van der Waals surface area (Å²) in [5.74, 6) is 0.0425. The normalized spacial score (nSPS) is 17.1. The van der Waals surface area contributed by atoms with Gasteiger partial charge in [-0.3, -0.25) is 28.6 Å². The number of likely N-dealkylation sites (tertiary alicyclic amines) is 1. The Labute approximate surface area is 406 Å². The van der Waals surface area contributed by atoms with E-state index in [4.69, 9.17) is 16.6 Å². The number of phenols is 2. The van der Waals surface area contributed by atoms with Crippen LogP contribution in [0.4, 0.5) is 13.2 Å². The molecule has 3 aliphatic heterocycles. The van der Waals surface area contributed by atoms with Crippen LogP contribution >= 0.6 is 22.9 Å². The maximum absolute atomic E-state index is 14.1. The average molecular weight is 985 g/mol. The Kier molecular flexibility index (Phi) is 13.7. The maximum atomic E-state index is 14.1. The zero-order valence-electron chi connectivity index (χ0n) is 38.7. The van der Waals surface area contributed by atoms with Crippen LogP contribution in [0.5, 0.6) is 11.5 Å². The third-order valence-electron chi connectivity index (χ3n) is 13.4. The lowest BCUT2D eigenvalue weighted by Crippen LogP contribution is -2.48.